The van der Waals surface area contributed by atoms with Gasteiger partial charge >= 0.3 is 6.36 Å². The molecule has 11 heteroatoms. The number of aliphatic hydroxyl groups is 1. The molecule has 0 aliphatic carbocycles. The normalized spacial score (nSPS) is 17.1. The molecule has 3 aromatic carbocycles. The lowest BCUT2D eigenvalue weighted by Gasteiger charge is -2.26. The van der Waals surface area contributed by atoms with Gasteiger partial charge in [0.25, 0.3) is 11.7 Å². The van der Waals surface area contributed by atoms with Crippen LogP contribution in [-0.2, 0) is 9.59 Å². The van der Waals surface area contributed by atoms with E-state index in [4.69, 9.17) is 9.47 Å². The van der Waals surface area contributed by atoms with E-state index in [-0.39, 0.29) is 28.3 Å². The molecule has 1 fully saturated rings. The molecule has 1 atom stereocenters. The Morgan fingerprint density at radius 2 is 1.51 bits per heavy atom. The molecule has 1 heterocycles. The molecule has 3 aromatic rings. The SMILES string of the molecule is COc1ccc(/C(O)=C2/C(=O)C(=O)N(c3ccc(OC(F)(F)F)cc3)C2c2ccc(O)cc2)c(OC)c1. The highest BCUT2D eigenvalue weighted by Gasteiger charge is 2.47. The fraction of sp³-hybridized carbons (Fsp3) is 0.154. The van der Waals surface area contributed by atoms with Crippen molar-refractivity contribution >= 4 is 23.1 Å². The number of halogens is 3. The average molecular weight is 515 g/mol. The number of alkyl halides is 3. The number of carbonyl (C=O) groups excluding carboxylic acids is 2. The van der Waals surface area contributed by atoms with E-state index in [1.54, 1.807) is 0 Å². The molecule has 0 radical (unpaired) electrons. The molecule has 8 nitrogen and oxygen atoms in total. The summed E-state index contributed by atoms with van der Waals surface area (Å²) < 4.78 is 52.1. The van der Waals surface area contributed by atoms with Gasteiger partial charge in [-0.25, -0.2) is 0 Å². The molecule has 1 aliphatic rings. The summed E-state index contributed by atoms with van der Waals surface area (Å²) in [4.78, 5) is 27.5. The van der Waals surface area contributed by atoms with E-state index in [1.165, 1.54) is 68.8 Å². The Balaban J connectivity index is 1.88. The van der Waals surface area contributed by atoms with Gasteiger partial charge in [-0.2, -0.15) is 0 Å². The molecule has 192 valence electrons. The summed E-state index contributed by atoms with van der Waals surface area (Å²) in [5.41, 5.74) is 0.255. The van der Waals surface area contributed by atoms with Crippen LogP contribution in [0.4, 0.5) is 18.9 Å². The Bertz CT molecular complexity index is 1370. The lowest BCUT2D eigenvalue weighted by atomic mass is 9.94. The van der Waals surface area contributed by atoms with Crippen LogP contribution >= 0.6 is 0 Å². The number of aromatic hydroxyl groups is 1. The van der Waals surface area contributed by atoms with E-state index in [9.17, 15) is 33.0 Å². The van der Waals surface area contributed by atoms with Gasteiger partial charge in [0, 0.05) is 11.8 Å². The van der Waals surface area contributed by atoms with Crippen LogP contribution in [0.15, 0.2) is 72.3 Å². The zero-order chi connectivity index (χ0) is 26.9. The summed E-state index contributed by atoms with van der Waals surface area (Å²) in [6, 6.07) is 13.3. The van der Waals surface area contributed by atoms with Crippen LogP contribution in [0, 0.1) is 0 Å². The third-order valence-electron chi connectivity index (χ3n) is 5.67. The molecule has 0 saturated carbocycles. The summed E-state index contributed by atoms with van der Waals surface area (Å²) >= 11 is 0. The molecule has 1 saturated heterocycles. The van der Waals surface area contributed by atoms with Crippen molar-refractivity contribution in [3.63, 3.8) is 0 Å². The van der Waals surface area contributed by atoms with Crippen LogP contribution in [0.3, 0.4) is 0 Å². The Labute approximate surface area is 208 Å². The molecular weight excluding hydrogens is 495 g/mol. The molecule has 37 heavy (non-hydrogen) atoms. The molecular formula is C26H20F3NO7. The van der Waals surface area contributed by atoms with E-state index < -0.39 is 35.6 Å². The second kappa shape index (κ2) is 9.76. The highest BCUT2D eigenvalue weighted by Crippen LogP contribution is 2.44. The zero-order valence-electron chi connectivity index (χ0n) is 19.4. The lowest BCUT2D eigenvalue weighted by Crippen LogP contribution is -2.29. The number of hydrogen-bond acceptors (Lipinski definition) is 7. The Morgan fingerprint density at radius 1 is 0.892 bits per heavy atom. The van der Waals surface area contributed by atoms with Crippen LogP contribution < -0.4 is 19.1 Å². The van der Waals surface area contributed by atoms with Gasteiger partial charge < -0.3 is 24.4 Å². The summed E-state index contributed by atoms with van der Waals surface area (Å²) in [5, 5.41) is 21.0. The maximum absolute atomic E-state index is 13.2. The third-order valence-corrected chi connectivity index (χ3v) is 5.67. The monoisotopic (exact) mass is 515 g/mol. The van der Waals surface area contributed by atoms with Crippen molar-refractivity contribution in [1.29, 1.82) is 0 Å². The lowest BCUT2D eigenvalue weighted by molar-refractivity contribution is -0.274. The van der Waals surface area contributed by atoms with Gasteiger partial charge in [-0.3, -0.25) is 14.5 Å². The number of ether oxygens (including phenoxy) is 3. The number of phenols is 1. The van der Waals surface area contributed by atoms with Crippen molar-refractivity contribution in [2.75, 3.05) is 19.1 Å². The second-order valence-electron chi connectivity index (χ2n) is 7.87. The standard InChI is InChI=1S/C26H20F3NO7/c1-35-18-11-12-19(20(13-18)36-2)23(32)21-22(14-3-7-16(31)8-4-14)30(25(34)24(21)33)15-5-9-17(10-6-15)37-26(27,28)29/h3-13,22,31-32H,1-2H3/b23-21-. The predicted octanol–water partition coefficient (Wildman–Crippen LogP) is 4.93. The van der Waals surface area contributed by atoms with E-state index in [2.05, 4.69) is 4.74 Å². The number of methoxy groups -OCH3 is 2. The largest absolute Gasteiger partial charge is 0.573 e. The van der Waals surface area contributed by atoms with Crippen LogP contribution in [0.2, 0.25) is 0 Å². The maximum atomic E-state index is 13.2. The van der Waals surface area contributed by atoms with Crippen molar-refractivity contribution in [1.82, 2.24) is 0 Å². The molecule has 1 unspecified atom stereocenters. The first-order valence-electron chi connectivity index (χ1n) is 10.7. The smallest absolute Gasteiger partial charge is 0.508 e. The first-order valence-corrected chi connectivity index (χ1v) is 10.7. The molecule has 4 rings (SSSR count). The number of anilines is 1. The summed E-state index contributed by atoms with van der Waals surface area (Å²) in [5.74, 6) is -2.58. The number of Topliss-reactive ketones (excluding diaryl/α,β-unsaturated/α-hetero) is 1. The Morgan fingerprint density at radius 3 is 2.08 bits per heavy atom. The van der Waals surface area contributed by atoms with E-state index in [0.29, 0.717) is 11.3 Å². The van der Waals surface area contributed by atoms with E-state index >= 15 is 0 Å². The van der Waals surface area contributed by atoms with Gasteiger partial charge in [-0.05, 0) is 54.1 Å². The van der Waals surface area contributed by atoms with Gasteiger partial charge in [0.1, 0.15) is 28.8 Å². The molecule has 0 bridgehead atoms. The number of aliphatic hydroxyl groups excluding tert-OH is 1. The molecule has 0 spiro atoms. The number of nitrogens with zero attached hydrogens (tertiary/aromatic N) is 1. The van der Waals surface area contributed by atoms with E-state index in [0.717, 1.165) is 17.0 Å². The molecule has 1 amide bonds. The second-order valence-corrected chi connectivity index (χ2v) is 7.87. The summed E-state index contributed by atoms with van der Waals surface area (Å²) in [6.07, 6.45) is -4.91. The number of amides is 1. The van der Waals surface area contributed by atoms with Crippen molar-refractivity contribution in [3.8, 4) is 23.0 Å². The minimum atomic E-state index is -4.91. The Hall–Kier alpha value is -4.67. The molecule has 0 aromatic heterocycles. The van der Waals surface area contributed by atoms with E-state index in [1.807, 2.05) is 0 Å². The van der Waals surface area contributed by atoms with Crippen molar-refractivity contribution < 1.29 is 47.2 Å². The topological polar surface area (TPSA) is 106 Å². The minimum absolute atomic E-state index is 0.0776. The number of hydrogen-bond donors (Lipinski definition) is 2. The molecule has 2 N–H and O–H groups in total. The average Bonchev–Trinajstić information content (AvgIpc) is 3.13. The fourth-order valence-electron chi connectivity index (χ4n) is 4.02. The number of carbonyl (C=O) groups is 2. The van der Waals surface area contributed by atoms with Crippen LogP contribution in [0.25, 0.3) is 5.76 Å². The number of benzene rings is 3. The maximum Gasteiger partial charge on any atom is 0.573 e. The van der Waals surface area contributed by atoms with Gasteiger partial charge in [0.15, 0.2) is 0 Å². The first-order chi connectivity index (χ1) is 17.5. The number of phenolic OH excluding ortho intramolecular Hbond substituents is 1. The first kappa shape index (κ1) is 25.4. The molecule has 1 aliphatic heterocycles. The van der Waals surface area contributed by atoms with Crippen LogP contribution in [-0.4, -0.2) is 42.5 Å². The fourth-order valence-corrected chi connectivity index (χ4v) is 4.02. The summed E-state index contributed by atoms with van der Waals surface area (Å²) in [7, 11) is 2.79. The van der Waals surface area contributed by atoms with Crippen molar-refractivity contribution in [3.05, 3.63) is 83.4 Å². The third kappa shape index (κ3) is 5.01. The zero-order valence-corrected chi connectivity index (χ0v) is 19.4. The van der Waals surface area contributed by atoms with Gasteiger partial charge in [-0.1, -0.05) is 12.1 Å². The van der Waals surface area contributed by atoms with Crippen LogP contribution in [0.1, 0.15) is 17.2 Å². The summed E-state index contributed by atoms with van der Waals surface area (Å²) in [6.45, 7) is 0. The van der Waals surface area contributed by atoms with Gasteiger partial charge in [0.2, 0.25) is 0 Å². The Kier molecular flexibility index (Phi) is 6.71. The number of rotatable bonds is 6. The predicted molar refractivity (Wildman–Crippen MR) is 126 cm³/mol. The highest BCUT2D eigenvalue weighted by atomic mass is 19.4. The quantitative estimate of drug-likeness (QED) is 0.272. The van der Waals surface area contributed by atoms with Gasteiger partial charge in [0.05, 0.1) is 31.4 Å². The minimum Gasteiger partial charge on any atom is -0.508 e. The van der Waals surface area contributed by atoms with Crippen molar-refractivity contribution in [2.45, 2.75) is 12.4 Å². The number of ketones is 1. The van der Waals surface area contributed by atoms with Gasteiger partial charge in [-0.15, -0.1) is 13.2 Å². The van der Waals surface area contributed by atoms with Crippen LogP contribution in [0.5, 0.6) is 23.0 Å². The highest BCUT2D eigenvalue weighted by molar-refractivity contribution is 6.51. The van der Waals surface area contributed by atoms with Crippen molar-refractivity contribution in [2.24, 2.45) is 0 Å².